The maximum atomic E-state index is 11.5. The molecule has 0 aromatic heterocycles. The molecule has 2 atom stereocenters. The van der Waals surface area contributed by atoms with E-state index in [1.807, 2.05) is 0 Å². The van der Waals surface area contributed by atoms with E-state index in [0.717, 1.165) is 18.9 Å². The Hall–Kier alpha value is -0.610. The highest BCUT2D eigenvalue weighted by Crippen LogP contribution is 2.20. The number of hydrogen-bond donors (Lipinski definition) is 1. The molecule has 0 spiro atoms. The van der Waals surface area contributed by atoms with Crippen molar-refractivity contribution >= 4 is 5.97 Å². The lowest BCUT2D eigenvalue weighted by molar-refractivity contribution is -0.146. The van der Waals surface area contributed by atoms with Gasteiger partial charge in [-0.05, 0) is 51.6 Å². The summed E-state index contributed by atoms with van der Waals surface area (Å²) in [7, 11) is 1.39. The minimum absolute atomic E-state index is 0.312. The molecular weight excluding hydrogens is 228 g/mol. The summed E-state index contributed by atoms with van der Waals surface area (Å²) in [4.78, 5) is 14.0. The first kappa shape index (κ1) is 15.4. The Morgan fingerprint density at radius 2 is 2.28 bits per heavy atom. The molecule has 0 radical (unpaired) electrons. The summed E-state index contributed by atoms with van der Waals surface area (Å²) in [6.45, 7) is 7.46. The smallest absolute Gasteiger partial charge is 0.325 e. The van der Waals surface area contributed by atoms with E-state index in [1.54, 1.807) is 6.92 Å². The van der Waals surface area contributed by atoms with Crippen LogP contribution in [0.3, 0.4) is 0 Å². The van der Waals surface area contributed by atoms with Gasteiger partial charge in [-0.25, -0.2) is 0 Å². The molecule has 106 valence electrons. The monoisotopic (exact) mass is 256 g/mol. The third-order valence-electron chi connectivity index (χ3n) is 4.00. The van der Waals surface area contributed by atoms with Crippen LogP contribution in [0.4, 0.5) is 0 Å². The van der Waals surface area contributed by atoms with E-state index >= 15 is 0 Å². The number of rotatable bonds is 6. The molecule has 1 heterocycles. The van der Waals surface area contributed by atoms with Gasteiger partial charge in [0.15, 0.2) is 0 Å². The normalized spacial score (nSPS) is 24.6. The summed E-state index contributed by atoms with van der Waals surface area (Å²) in [5, 5.41) is 0. The molecule has 0 aromatic rings. The van der Waals surface area contributed by atoms with E-state index < -0.39 is 5.54 Å². The van der Waals surface area contributed by atoms with E-state index in [2.05, 4.69) is 11.8 Å². The SMILES string of the molecule is CCC1CCCN(CCCC(C)(N)C(=O)OC)C1. The second kappa shape index (κ2) is 7.10. The van der Waals surface area contributed by atoms with Gasteiger partial charge < -0.3 is 15.4 Å². The van der Waals surface area contributed by atoms with Crippen molar-refractivity contribution in [3.8, 4) is 0 Å². The van der Waals surface area contributed by atoms with E-state index in [1.165, 1.54) is 39.5 Å². The number of carbonyl (C=O) groups is 1. The number of carbonyl (C=O) groups excluding carboxylic acids is 1. The van der Waals surface area contributed by atoms with Crippen molar-refractivity contribution in [3.05, 3.63) is 0 Å². The second-order valence-corrected chi connectivity index (χ2v) is 5.73. The number of likely N-dealkylation sites (tertiary alicyclic amines) is 1. The molecule has 1 aliphatic heterocycles. The van der Waals surface area contributed by atoms with Crippen LogP contribution >= 0.6 is 0 Å². The van der Waals surface area contributed by atoms with Gasteiger partial charge in [-0.2, -0.15) is 0 Å². The van der Waals surface area contributed by atoms with Crippen LogP contribution in [0.1, 0.15) is 46.0 Å². The van der Waals surface area contributed by atoms with Gasteiger partial charge in [0.2, 0.25) is 0 Å². The minimum atomic E-state index is -0.839. The molecule has 0 aromatic carbocycles. The van der Waals surface area contributed by atoms with Crippen molar-refractivity contribution in [2.75, 3.05) is 26.7 Å². The summed E-state index contributed by atoms with van der Waals surface area (Å²) in [6.07, 6.45) is 5.58. The minimum Gasteiger partial charge on any atom is -0.468 e. The molecule has 1 rings (SSSR count). The Balaban J connectivity index is 2.27. The molecule has 2 unspecified atom stereocenters. The molecule has 0 aliphatic carbocycles. The molecule has 4 nitrogen and oxygen atoms in total. The molecule has 2 N–H and O–H groups in total. The quantitative estimate of drug-likeness (QED) is 0.736. The van der Waals surface area contributed by atoms with Gasteiger partial charge >= 0.3 is 5.97 Å². The summed E-state index contributed by atoms with van der Waals surface area (Å²) in [5.74, 6) is 0.538. The van der Waals surface area contributed by atoms with Crippen molar-refractivity contribution in [3.63, 3.8) is 0 Å². The third kappa shape index (κ3) is 4.58. The lowest BCUT2D eigenvalue weighted by Gasteiger charge is -2.33. The average molecular weight is 256 g/mol. The van der Waals surface area contributed by atoms with E-state index in [4.69, 9.17) is 10.5 Å². The topological polar surface area (TPSA) is 55.6 Å². The fourth-order valence-electron chi connectivity index (χ4n) is 2.69. The van der Waals surface area contributed by atoms with Crippen LogP contribution in [0.15, 0.2) is 0 Å². The average Bonchev–Trinajstić information content (AvgIpc) is 2.37. The highest BCUT2D eigenvalue weighted by Gasteiger charge is 2.29. The largest absolute Gasteiger partial charge is 0.468 e. The van der Waals surface area contributed by atoms with Crippen LogP contribution in [0, 0.1) is 5.92 Å². The molecule has 1 aliphatic rings. The third-order valence-corrected chi connectivity index (χ3v) is 4.00. The number of hydrogen-bond acceptors (Lipinski definition) is 4. The molecular formula is C14H28N2O2. The first-order valence-corrected chi connectivity index (χ1v) is 7.09. The molecule has 1 fully saturated rings. The van der Waals surface area contributed by atoms with Crippen LogP contribution < -0.4 is 5.73 Å². The van der Waals surface area contributed by atoms with Gasteiger partial charge in [0.1, 0.15) is 5.54 Å². The van der Waals surface area contributed by atoms with Gasteiger partial charge in [0, 0.05) is 6.54 Å². The highest BCUT2D eigenvalue weighted by molar-refractivity contribution is 5.79. The number of nitrogens with two attached hydrogens (primary N) is 1. The summed E-state index contributed by atoms with van der Waals surface area (Å²) in [5.41, 5.74) is 5.11. The predicted octanol–water partition coefficient (Wildman–Crippen LogP) is 1.78. The van der Waals surface area contributed by atoms with E-state index in [9.17, 15) is 4.79 Å². The molecule has 1 saturated heterocycles. The zero-order chi connectivity index (χ0) is 13.6. The summed E-state index contributed by atoms with van der Waals surface area (Å²) >= 11 is 0. The molecule has 18 heavy (non-hydrogen) atoms. The van der Waals surface area contributed by atoms with Crippen molar-refractivity contribution in [2.24, 2.45) is 11.7 Å². The first-order chi connectivity index (χ1) is 8.49. The fourth-order valence-corrected chi connectivity index (χ4v) is 2.69. The van der Waals surface area contributed by atoms with Gasteiger partial charge in [-0.15, -0.1) is 0 Å². The Kier molecular flexibility index (Phi) is 6.09. The van der Waals surface area contributed by atoms with Crippen molar-refractivity contribution in [1.82, 2.24) is 4.90 Å². The highest BCUT2D eigenvalue weighted by atomic mass is 16.5. The predicted molar refractivity (Wildman–Crippen MR) is 73.3 cm³/mol. The summed E-state index contributed by atoms with van der Waals surface area (Å²) < 4.78 is 4.71. The lowest BCUT2D eigenvalue weighted by atomic mass is 9.94. The van der Waals surface area contributed by atoms with Crippen LogP contribution in [0.2, 0.25) is 0 Å². The van der Waals surface area contributed by atoms with Crippen molar-refractivity contribution < 1.29 is 9.53 Å². The van der Waals surface area contributed by atoms with Gasteiger partial charge in [-0.1, -0.05) is 13.3 Å². The van der Waals surface area contributed by atoms with E-state index in [0.29, 0.717) is 6.42 Å². The molecule has 0 amide bonds. The zero-order valence-corrected chi connectivity index (χ0v) is 12.1. The Bertz CT molecular complexity index is 267. The molecule has 0 saturated carbocycles. The number of ether oxygens (including phenoxy) is 1. The Morgan fingerprint density at radius 1 is 1.56 bits per heavy atom. The maximum Gasteiger partial charge on any atom is 0.325 e. The van der Waals surface area contributed by atoms with Crippen LogP contribution in [0.5, 0.6) is 0 Å². The molecule has 4 heteroatoms. The van der Waals surface area contributed by atoms with E-state index in [-0.39, 0.29) is 5.97 Å². The van der Waals surface area contributed by atoms with Crippen molar-refractivity contribution in [1.29, 1.82) is 0 Å². The molecule has 0 bridgehead atoms. The van der Waals surface area contributed by atoms with Gasteiger partial charge in [0.25, 0.3) is 0 Å². The number of nitrogens with zero attached hydrogens (tertiary/aromatic N) is 1. The van der Waals surface area contributed by atoms with Gasteiger partial charge in [-0.3, -0.25) is 4.79 Å². The Morgan fingerprint density at radius 3 is 2.89 bits per heavy atom. The standard InChI is InChI=1S/C14H28N2O2/c1-4-12-7-5-9-16(11-12)10-6-8-14(2,15)13(17)18-3/h12H,4-11,15H2,1-3H3. The first-order valence-electron chi connectivity index (χ1n) is 7.09. The summed E-state index contributed by atoms with van der Waals surface area (Å²) in [6, 6.07) is 0. The van der Waals surface area contributed by atoms with Crippen LogP contribution in [-0.4, -0.2) is 43.2 Å². The Labute approximate surface area is 111 Å². The van der Waals surface area contributed by atoms with Gasteiger partial charge in [0.05, 0.1) is 7.11 Å². The number of methoxy groups -OCH3 is 1. The number of esters is 1. The fraction of sp³-hybridized carbons (Fsp3) is 0.929. The number of piperidine rings is 1. The zero-order valence-electron chi connectivity index (χ0n) is 12.1. The van der Waals surface area contributed by atoms with Crippen molar-refractivity contribution in [2.45, 2.75) is 51.5 Å². The second-order valence-electron chi connectivity index (χ2n) is 5.73. The van der Waals surface area contributed by atoms with Crippen LogP contribution in [-0.2, 0) is 9.53 Å². The van der Waals surface area contributed by atoms with Crippen LogP contribution in [0.25, 0.3) is 0 Å². The maximum absolute atomic E-state index is 11.5. The lowest BCUT2D eigenvalue weighted by Crippen LogP contribution is -2.46.